The van der Waals surface area contributed by atoms with Crippen LogP contribution in [0.25, 0.3) is 11.0 Å². The molecule has 0 atom stereocenters. The van der Waals surface area contributed by atoms with Crippen molar-refractivity contribution in [3.05, 3.63) is 87.6 Å². The number of carbonyl (C=O) groups excluding carboxylic acids is 2. The number of hydrazone groups is 1. The Morgan fingerprint density at radius 2 is 1.71 bits per heavy atom. The molecule has 4 aromatic rings. The first-order valence-corrected chi connectivity index (χ1v) is 14.0. The number of fused-ring (bicyclic) bond motifs is 1. The van der Waals surface area contributed by atoms with E-state index in [0.29, 0.717) is 40.6 Å². The molecule has 2 heterocycles. The van der Waals surface area contributed by atoms with Gasteiger partial charge in [0.15, 0.2) is 28.6 Å². The number of methoxy groups -OCH3 is 2. The Labute approximate surface area is 246 Å². The predicted molar refractivity (Wildman–Crippen MR) is 159 cm³/mol. The molecule has 0 aliphatic carbocycles. The van der Waals surface area contributed by atoms with Gasteiger partial charge in [0, 0.05) is 28.5 Å². The highest BCUT2D eigenvalue weighted by molar-refractivity contribution is 9.10. The lowest BCUT2D eigenvalue weighted by Crippen LogP contribution is -2.35. The molecule has 3 aromatic carbocycles. The molecule has 0 unspecified atom stereocenters. The fourth-order valence-corrected chi connectivity index (χ4v) is 5.09. The molecule has 0 saturated carbocycles. The van der Waals surface area contributed by atoms with Gasteiger partial charge in [0.2, 0.25) is 0 Å². The number of nitrogens with zero attached hydrogens (tertiary/aromatic N) is 2. The number of nitrogens with one attached hydrogen (secondary N) is 1. The minimum absolute atomic E-state index is 0.0818. The van der Waals surface area contributed by atoms with Crippen molar-refractivity contribution in [2.75, 3.05) is 27.3 Å². The molecule has 1 aromatic heterocycles. The predicted octanol–water partition coefficient (Wildman–Crippen LogP) is 6.18. The highest BCUT2D eigenvalue weighted by atomic mass is 79.9. The molecule has 212 valence electrons. The van der Waals surface area contributed by atoms with Crippen LogP contribution in [-0.4, -0.2) is 50.2 Å². The van der Waals surface area contributed by atoms with E-state index in [0.717, 1.165) is 41.4 Å². The number of amides is 2. The van der Waals surface area contributed by atoms with Gasteiger partial charge in [-0.25, -0.2) is 5.43 Å². The van der Waals surface area contributed by atoms with Crippen LogP contribution in [0.3, 0.4) is 0 Å². The van der Waals surface area contributed by atoms with Gasteiger partial charge in [-0.3, -0.25) is 9.59 Å². The number of ether oxygens (including phenoxy) is 3. The molecule has 0 bridgehead atoms. The number of rotatable bonds is 9. The minimum Gasteiger partial charge on any atom is -0.493 e. The summed E-state index contributed by atoms with van der Waals surface area (Å²) in [4.78, 5) is 27.2. The van der Waals surface area contributed by atoms with Gasteiger partial charge in [-0.1, -0.05) is 28.1 Å². The number of halogens is 1. The fourth-order valence-electron chi connectivity index (χ4n) is 4.64. The molecule has 0 radical (unpaired) electrons. The summed E-state index contributed by atoms with van der Waals surface area (Å²) in [6.07, 6.45) is 4.82. The fraction of sp³-hybridized carbons (Fsp3) is 0.258. The van der Waals surface area contributed by atoms with Crippen molar-refractivity contribution >= 4 is 44.9 Å². The zero-order valence-electron chi connectivity index (χ0n) is 22.8. The highest BCUT2D eigenvalue weighted by Crippen LogP contribution is 2.32. The Morgan fingerprint density at radius 1 is 0.951 bits per heavy atom. The van der Waals surface area contributed by atoms with E-state index >= 15 is 0 Å². The number of hydrogen-bond acceptors (Lipinski definition) is 7. The molecular formula is C31H30BrN3O6. The summed E-state index contributed by atoms with van der Waals surface area (Å²) in [5.74, 6) is 1.30. The van der Waals surface area contributed by atoms with Gasteiger partial charge in [0.25, 0.3) is 5.91 Å². The summed E-state index contributed by atoms with van der Waals surface area (Å²) in [6.45, 7) is 1.97. The van der Waals surface area contributed by atoms with E-state index in [-0.39, 0.29) is 11.7 Å². The smallest absolute Gasteiger partial charge is 0.307 e. The number of carbonyl (C=O) groups is 2. The van der Waals surface area contributed by atoms with Gasteiger partial charge in [-0.2, -0.15) is 5.10 Å². The third-order valence-electron chi connectivity index (χ3n) is 6.80. The van der Waals surface area contributed by atoms with E-state index in [9.17, 15) is 9.59 Å². The van der Waals surface area contributed by atoms with Crippen LogP contribution in [0, 0.1) is 0 Å². The van der Waals surface area contributed by atoms with E-state index in [1.54, 1.807) is 37.4 Å². The van der Waals surface area contributed by atoms with E-state index in [2.05, 4.69) is 26.5 Å². The van der Waals surface area contributed by atoms with Crippen molar-refractivity contribution in [2.24, 2.45) is 5.10 Å². The summed E-state index contributed by atoms with van der Waals surface area (Å²) in [6, 6.07) is 18.1. The Morgan fingerprint density at radius 3 is 2.44 bits per heavy atom. The summed E-state index contributed by atoms with van der Waals surface area (Å²) >= 11 is 3.42. The Balaban J connectivity index is 1.18. The van der Waals surface area contributed by atoms with E-state index < -0.39 is 5.91 Å². The normalized spacial score (nSPS) is 13.4. The van der Waals surface area contributed by atoms with Crippen LogP contribution in [0.15, 0.2) is 74.7 Å². The molecule has 1 aliphatic rings. The Hall–Kier alpha value is -4.31. The molecular weight excluding hydrogens is 590 g/mol. The maximum Gasteiger partial charge on any atom is 0.307 e. The molecule has 1 fully saturated rings. The van der Waals surface area contributed by atoms with Gasteiger partial charge >= 0.3 is 5.91 Å². The van der Waals surface area contributed by atoms with Crippen LogP contribution in [0.1, 0.15) is 51.3 Å². The lowest BCUT2D eigenvalue weighted by Gasteiger charge is -2.26. The molecule has 1 saturated heterocycles. The number of benzene rings is 3. The van der Waals surface area contributed by atoms with Gasteiger partial charge < -0.3 is 23.5 Å². The number of likely N-dealkylation sites (tertiary alicyclic amines) is 1. The van der Waals surface area contributed by atoms with Crippen LogP contribution < -0.4 is 19.6 Å². The molecule has 2 amide bonds. The van der Waals surface area contributed by atoms with Gasteiger partial charge in [-0.15, -0.1) is 0 Å². The number of furan rings is 1. The topological polar surface area (TPSA) is 103 Å². The zero-order valence-corrected chi connectivity index (χ0v) is 24.4. The monoisotopic (exact) mass is 619 g/mol. The third-order valence-corrected chi connectivity index (χ3v) is 7.25. The van der Waals surface area contributed by atoms with Crippen molar-refractivity contribution < 1.29 is 28.2 Å². The van der Waals surface area contributed by atoms with Crippen molar-refractivity contribution in [1.82, 2.24) is 10.3 Å². The first-order valence-electron chi connectivity index (χ1n) is 13.2. The molecule has 10 heteroatoms. The summed E-state index contributed by atoms with van der Waals surface area (Å²) in [5, 5.41) is 4.78. The third kappa shape index (κ3) is 6.71. The van der Waals surface area contributed by atoms with Crippen LogP contribution in [0.4, 0.5) is 0 Å². The molecule has 5 rings (SSSR count). The molecule has 0 spiro atoms. The van der Waals surface area contributed by atoms with E-state index in [1.165, 1.54) is 19.7 Å². The maximum atomic E-state index is 12.7. The van der Waals surface area contributed by atoms with Gasteiger partial charge in [0.1, 0.15) is 6.61 Å². The van der Waals surface area contributed by atoms with E-state index in [1.807, 2.05) is 35.2 Å². The van der Waals surface area contributed by atoms with Gasteiger partial charge in [-0.05, 0) is 78.9 Å². The summed E-state index contributed by atoms with van der Waals surface area (Å²) < 4.78 is 23.3. The number of piperidine rings is 1. The quantitative estimate of drug-likeness (QED) is 0.177. The minimum atomic E-state index is -0.494. The first kappa shape index (κ1) is 28.2. The van der Waals surface area contributed by atoms with Crippen LogP contribution in [0.5, 0.6) is 17.2 Å². The second-order valence-electron chi connectivity index (χ2n) is 9.58. The zero-order chi connectivity index (χ0) is 28.8. The molecule has 1 aliphatic heterocycles. The summed E-state index contributed by atoms with van der Waals surface area (Å²) in [5.41, 5.74) is 5.28. The van der Waals surface area contributed by atoms with Crippen molar-refractivity contribution in [2.45, 2.75) is 25.9 Å². The standard InChI is InChI=1S/C31H30BrN3O6/c1-38-26-14-21(18-33-34-30(36)28-16-23-15-24(32)17-27(39-2)29(23)41-28)8-11-25(26)40-19-20-6-9-22(10-7-20)31(37)35-12-4-3-5-13-35/h6-11,14-18H,3-5,12-13,19H2,1-2H3,(H,34,36)/b33-18-. The number of hydrogen-bond donors (Lipinski definition) is 1. The molecule has 9 nitrogen and oxygen atoms in total. The molecule has 41 heavy (non-hydrogen) atoms. The second kappa shape index (κ2) is 12.9. The molecule has 1 N–H and O–H groups in total. The van der Waals surface area contributed by atoms with Crippen molar-refractivity contribution in [3.63, 3.8) is 0 Å². The summed E-state index contributed by atoms with van der Waals surface area (Å²) in [7, 11) is 3.09. The first-order chi connectivity index (χ1) is 19.9. The lowest BCUT2D eigenvalue weighted by atomic mass is 10.1. The SMILES string of the molecule is COc1cc(/C=N\NC(=O)c2cc3cc(Br)cc(OC)c3o2)ccc1OCc1ccc(C(=O)N2CCCCC2)cc1. The van der Waals surface area contributed by atoms with Crippen molar-refractivity contribution in [3.8, 4) is 17.2 Å². The Kier molecular flexibility index (Phi) is 8.88. The van der Waals surface area contributed by atoms with Gasteiger partial charge in [0.05, 0.1) is 20.4 Å². The highest BCUT2D eigenvalue weighted by Gasteiger charge is 2.18. The van der Waals surface area contributed by atoms with E-state index in [4.69, 9.17) is 18.6 Å². The van der Waals surface area contributed by atoms with Crippen LogP contribution in [0.2, 0.25) is 0 Å². The largest absolute Gasteiger partial charge is 0.493 e. The average molecular weight is 620 g/mol. The maximum absolute atomic E-state index is 12.7. The Bertz CT molecular complexity index is 1580. The second-order valence-corrected chi connectivity index (χ2v) is 10.5. The average Bonchev–Trinajstić information content (AvgIpc) is 3.44. The van der Waals surface area contributed by atoms with Crippen molar-refractivity contribution in [1.29, 1.82) is 0 Å². The van der Waals surface area contributed by atoms with Crippen LogP contribution in [-0.2, 0) is 6.61 Å². The lowest BCUT2D eigenvalue weighted by molar-refractivity contribution is 0.0724. The van der Waals surface area contributed by atoms with Crippen LogP contribution >= 0.6 is 15.9 Å².